The lowest BCUT2D eigenvalue weighted by atomic mass is 10.1. The molecule has 0 bridgehead atoms. The quantitative estimate of drug-likeness (QED) is 0.256. The predicted octanol–water partition coefficient (Wildman–Crippen LogP) is 7.13. The molecule has 0 fully saturated rings. The van der Waals surface area contributed by atoms with E-state index >= 15 is 0 Å². The highest BCUT2D eigenvalue weighted by molar-refractivity contribution is 9.11. The highest BCUT2D eigenvalue weighted by Gasteiger charge is 2.15. The second kappa shape index (κ2) is 10.6. The number of amides is 1. The number of carbonyl (C=O) groups excluding carboxylic acids is 1. The summed E-state index contributed by atoms with van der Waals surface area (Å²) in [6.45, 7) is 0.104. The molecule has 0 saturated heterocycles. The number of halogens is 4. The number of hydrogen-bond acceptors (Lipinski definition) is 3. The van der Waals surface area contributed by atoms with Crippen LogP contribution in [0.25, 0.3) is 6.08 Å². The fraction of sp³-hybridized carbons (Fsp3) is 0.0435. The molecule has 3 aromatic carbocycles. The van der Waals surface area contributed by atoms with Crippen LogP contribution in [0.1, 0.15) is 11.1 Å². The number of nitrogens with zero attached hydrogens (tertiary/aromatic N) is 1. The molecule has 0 aliphatic rings. The number of para-hydroxylation sites is 1. The standard InChI is InChI=1S/C23H14Br2ClFN2O2/c24-17-10-15(9-16(12-28)23(30)29-21-7-2-1-6-20(21)26)22(19(25)11-17)31-13-14-4-3-5-18(27)8-14/h1-11H,13H2,(H,29,30)/b16-9+. The Labute approximate surface area is 200 Å². The van der Waals surface area contributed by atoms with Crippen molar-refractivity contribution in [2.45, 2.75) is 6.61 Å². The first-order valence-electron chi connectivity index (χ1n) is 8.91. The number of nitriles is 1. The Morgan fingerprint density at radius 1 is 1.16 bits per heavy atom. The molecule has 0 saturated carbocycles. The van der Waals surface area contributed by atoms with Crippen LogP contribution in [0.15, 0.2) is 75.2 Å². The lowest BCUT2D eigenvalue weighted by Crippen LogP contribution is -2.13. The summed E-state index contributed by atoms with van der Waals surface area (Å²) in [6.07, 6.45) is 1.42. The van der Waals surface area contributed by atoms with Crippen LogP contribution in [0.5, 0.6) is 5.75 Å². The highest BCUT2D eigenvalue weighted by atomic mass is 79.9. The minimum atomic E-state index is -0.609. The summed E-state index contributed by atoms with van der Waals surface area (Å²) >= 11 is 12.9. The molecular weight excluding hydrogens is 551 g/mol. The number of anilines is 1. The zero-order valence-electron chi connectivity index (χ0n) is 15.8. The molecule has 3 aromatic rings. The smallest absolute Gasteiger partial charge is 0.266 e. The van der Waals surface area contributed by atoms with Crippen LogP contribution in [-0.2, 0) is 11.4 Å². The molecule has 0 heterocycles. The van der Waals surface area contributed by atoms with Crippen LogP contribution in [0.2, 0.25) is 5.02 Å². The minimum Gasteiger partial charge on any atom is -0.487 e. The zero-order valence-corrected chi connectivity index (χ0v) is 19.8. The number of benzene rings is 3. The summed E-state index contributed by atoms with van der Waals surface area (Å²) < 4.78 is 20.7. The maximum absolute atomic E-state index is 13.4. The van der Waals surface area contributed by atoms with E-state index < -0.39 is 5.91 Å². The zero-order chi connectivity index (χ0) is 22.4. The van der Waals surface area contributed by atoms with Crippen LogP contribution in [0.3, 0.4) is 0 Å². The van der Waals surface area contributed by atoms with Crippen molar-refractivity contribution in [3.63, 3.8) is 0 Å². The molecule has 0 atom stereocenters. The van der Waals surface area contributed by atoms with E-state index in [1.54, 1.807) is 48.5 Å². The summed E-state index contributed by atoms with van der Waals surface area (Å²) in [6, 6.07) is 18.2. The molecular formula is C23H14Br2ClFN2O2. The van der Waals surface area contributed by atoms with Crippen molar-refractivity contribution in [1.82, 2.24) is 0 Å². The SMILES string of the molecule is N#C/C(=C\c1cc(Br)cc(Br)c1OCc1cccc(F)c1)C(=O)Nc1ccccc1Cl. The van der Waals surface area contributed by atoms with Crippen LogP contribution < -0.4 is 10.1 Å². The van der Waals surface area contributed by atoms with Crippen molar-refractivity contribution >= 4 is 61.1 Å². The third-order valence-corrected chi connectivity index (χ3v) is 5.47. The molecule has 1 N–H and O–H groups in total. The molecule has 0 unspecified atom stereocenters. The minimum absolute atomic E-state index is 0.104. The second-order valence-corrected chi connectivity index (χ2v) is 8.51. The van der Waals surface area contributed by atoms with Crippen molar-refractivity contribution < 1.29 is 13.9 Å². The first kappa shape index (κ1) is 23.0. The van der Waals surface area contributed by atoms with Crippen molar-refractivity contribution in [2.24, 2.45) is 0 Å². The second-order valence-electron chi connectivity index (χ2n) is 6.33. The van der Waals surface area contributed by atoms with Crippen molar-refractivity contribution in [1.29, 1.82) is 5.26 Å². The van der Waals surface area contributed by atoms with Crippen LogP contribution in [-0.4, -0.2) is 5.91 Å². The molecule has 4 nitrogen and oxygen atoms in total. The van der Waals surface area contributed by atoms with Gasteiger partial charge in [0.1, 0.15) is 29.8 Å². The predicted molar refractivity (Wildman–Crippen MR) is 126 cm³/mol. The number of ether oxygens (including phenoxy) is 1. The van der Waals surface area contributed by atoms with Gasteiger partial charge in [0.25, 0.3) is 5.91 Å². The van der Waals surface area contributed by atoms with Gasteiger partial charge < -0.3 is 10.1 Å². The van der Waals surface area contributed by atoms with Gasteiger partial charge >= 0.3 is 0 Å². The van der Waals surface area contributed by atoms with E-state index in [-0.39, 0.29) is 18.0 Å². The summed E-state index contributed by atoms with van der Waals surface area (Å²) in [5.74, 6) is -0.562. The van der Waals surface area contributed by atoms with Crippen molar-refractivity contribution in [3.05, 3.63) is 97.1 Å². The van der Waals surface area contributed by atoms with Gasteiger partial charge in [-0.25, -0.2) is 4.39 Å². The Morgan fingerprint density at radius 2 is 1.94 bits per heavy atom. The maximum Gasteiger partial charge on any atom is 0.266 e. The molecule has 1 amide bonds. The summed E-state index contributed by atoms with van der Waals surface area (Å²) in [7, 11) is 0. The van der Waals surface area contributed by atoms with Crippen molar-refractivity contribution in [3.8, 4) is 11.8 Å². The topological polar surface area (TPSA) is 62.1 Å². The van der Waals surface area contributed by atoms with Crippen molar-refractivity contribution in [2.75, 3.05) is 5.32 Å². The number of carbonyl (C=O) groups is 1. The normalized spacial score (nSPS) is 11.0. The van der Waals surface area contributed by atoms with E-state index in [0.29, 0.717) is 36.5 Å². The third kappa shape index (κ3) is 6.17. The largest absolute Gasteiger partial charge is 0.487 e. The Bertz CT molecular complexity index is 1210. The molecule has 0 aliphatic carbocycles. The van der Waals surface area contributed by atoms with Crippen LogP contribution in [0.4, 0.5) is 10.1 Å². The van der Waals surface area contributed by atoms with Gasteiger partial charge in [-0.3, -0.25) is 4.79 Å². The number of rotatable bonds is 6. The van der Waals surface area contributed by atoms with Gasteiger partial charge in [-0.15, -0.1) is 0 Å². The van der Waals surface area contributed by atoms with Gasteiger partial charge in [0, 0.05) is 10.0 Å². The first-order chi connectivity index (χ1) is 14.9. The summed E-state index contributed by atoms with van der Waals surface area (Å²) in [4.78, 5) is 12.6. The van der Waals surface area contributed by atoms with Gasteiger partial charge in [-0.05, 0) is 64.0 Å². The average molecular weight is 565 g/mol. The van der Waals surface area contributed by atoms with Gasteiger partial charge in [0.05, 0.1) is 15.2 Å². The molecule has 0 radical (unpaired) electrons. The molecule has 0 aromatic heterocycles. The van der Waals surface area contributed by atoms with Gasteiger partial charge in [-0.2, -0.15) is 5.26 Å². The Balaban J connectivity index is 1.90. The monoisotopic (exact) mass is 562 g/mol. The van der Waals surface area contributed by atoms with Gasteiger partial charge in [0.15, 0.2) is 0 Å². The maximum atomic E-state index is 13.4. The number of nitrogens with one attached hydrogen (secondary N) is 1. The lowest BCUT2D eigenvalue weighted by molar-refractivity contribution is -0.112. The van der Waals surface area contributed by atoms with Gasteiger partial charge in [-0.1, -0.05) is 51.8 Å². The van der Waals surface area contributed by atoms with E-state index in [0.717, 1.165) is 0 Å². The molecule has 0 spiro atoms. The van der Waals surface area contributed by atoms with E-state index in [4.69, 9.17) is 16.3 Å². The Kier molecular flexibility index (Phi) is 7.85. The molecule has 3 rings (SSSR count). The van der Waals surface area contributed by atoms with E-state index in [1.807, 2.05) is 6.07 Å². The lowest BCUT2D eigenvalue weighted by Gasteiger charge is -2.13. The summed E-state index contributed by atoms with van der Waals surface area (Å²) in [5, 5.41) is 12.5. The van der Waals surface area contributed by atoms with Crippen LogP contribution >= 0.6 is 43.5 Å². The van der Waals surface area contributed by atoms with Gasteiger partial charge in [0.2, 0.25) is 0 Å². The molecule has 156 valence electrons. The number of hydrogen-bond donors (Lipinski definition) is 1. The molecule has 8 heteroatoms. The molecule has 0 aliphatic heterocycles. The van der Waals surface area contributed by atoms with E-state index in [1.165, 1.54) is 18.2 Å². The van der Waals surface area contributed by atoms with E-state index in [2.05, 4.69) is 37.2 Å². The Hall–Kier alpha value is -2.66. The summed E-state index contributed by atoms with van der Waals surface area (Å²) in [5.41, 5.74) is 1.39. The first-order valence-corrected chi connectivity index (χ1v) is 10.9. The fourth-order valence-corrected chi connectivity index (χ4v) is 4.23. The highest BCUT2D eigenvalue weighted by Crippen LogP contribution is 2.35. The van der Waals surface area contributed by atoms with E-state index in [9.17, 15) is 14.4 Å². The fourth-order valence-electron chi connectivity index (χ4n) is 2.68. The Morgan fingerprint density at radius 3 is 2.65 bits per heavy atom. The van der Waals surface area contributed by atoms with Crippen LogP contribution in [0, 0.1) is 17.1 Å². The molecule has 31 heavy (non-hydrogen) atoms. The average Bonchev–Trinajstić information content (AvgIpc) is 2.72. The third-order valence-electron chi connectivity index (χ3n) is 4.10.